The average Bonchev–Trinajstić information content (AvgIpc) is 3.15. The van der Waals surface area contributed by atoms with Gasteiger partial charge in [0.05, 0.1) is 11.1 Å². The number of aromatic nitrogens is 1. The fourth-order valence-electron chi connectivity index (χ4n) is 3.00. The Morgan fingerprint density at radius 1 is 1.18 bits per heavy atom. The maximum atomic E-state index is 13.0. The van der Waals surface area contributed by atoms with Gasteiger partial charge in [0.15, 0.2) is 0 Å². The number of anilines is 2. The third kappa shape index (κ3) is 5.50. The van der Waals surface area contributed by atoms with E-state index < -0.39 is 17.6 Å². The number of hydrogen-bond acceptors (Lipinski definition) is 4. The molecule has 1 aromatic carbocycles. The van der Waals surface area contributed by atoms with Gasteiger partial charge in [0.2, 0.25) is 0 Å². The van der Waals surface area contributed by atoms with Crippen LogP contribution in [0.1, 0.15) is 34.3 Å². The quantitative estimate of drug-likeness (QED) is 0.750. The van der Waals surface area contributed by atoms with Gasteiger partial charge in [-0.25, -0.2) is 4.98 Å². The van der Waals surface area contributed by atoms with Crippen molar-refractivity contribution >= 4 is 42.2 Å². The number of rotatable bonds is 4. The van der Waals surface area contributed by atoms with Gasteiger partial charge in [0, 0.05) is 31.5 Å². The molecular formula is C18H21Cl2F3N4O. The highest BCUT2D eigenvalue weighted by Gasteiger charge is 2.31. The van der Waals surface area contributed by atoms with Gasteiger partial charge in [-0.05, 0) is 48.7 Å². The van der Waals surface area contributed by atoms with Crippen molar-refractivity contribution in [2.75, 3.05) is 23.3 Å². The third-order valence-electron chi connectivity index (χ3n) is 4.25. The van der Waals surface area contributed by atoms with Gasteiger partial charge < -0.3 is 16.0 Å². The first-order valence-corrected chi connectivity index (χ1v) is 8.31. The Bertz CT molecular complexity index is 812. The molecule has 1 saturated heterocycles. The van der Waals surface area contributed by atoms with Crippen LogP contribution in [-0.2, 0) is 12.7 Å². The second-order valence-electron chi connectivity index (χ2n) is 6.14. The van der Waals surface area contributed by atoms with Gasteiger partial charge in [-0.3, -0.25) is 4.79 Å². The largest absolute Gasteiger partial charge is 0.416 e. The van der Waals surface area contributed by atoms with Gasteiger partial charge in [-0.15, -0.1) is 24.8 Å². The van der Waals surface area contributed by atoms with E-state index in [0.29, 0.717) is 16.9 Å². The van der Waals surface area contributed by atoms with E-state index in [1.165, 1.54) is 6.07 Å². The molecule has 0 unspecified atom stereocenters. The molecule has 2 aromatic rings. The number of benzene rings is 1. The Kier molecular flexibility index (Phi) is 8.53. The minimum atomic E-state index is -4.51. The Morgan fingerprint density at radius 3 is 2.46 bits per heavy atom. The van der Waals surface area contributed by atoms with Crippen LogP contribution in [0.2, 0.25) is 0 Å². The number of nitrogens with two attached hydrogens (primary N) is 1. The number of carbonyl (C=O) groups excluding carboxylic acids is 1. The molecule has 28 heavy (non-hydrogen) atoms. The fraction of sp³-hybridized carbons (Fsp3) is 0.333. The Labute approximate surface area is 173 Å². The van der Waals surface area contributed by atoms with Crippen molar-refractivity contribution in [3.63, 3.8) is 0 Å². The molecule has 10 heteroatoms. The van der Waals surface area contributed by atoms with Crippen molar-refractivity contribution in [2.24, 2.45) is 5.73 Å². The Morgan fingerprint density at radius 2 is 1.86 bits per heavy atom. The van der Waals surface area contributed by atoms with E-state index in [0.717, 1.165) is 38.1 Å². The van der Waals surface area contributed by atoms with Crippen LogP contribution in [0.5, 0.6) is 0 Å². The standard InChI is InChI=1S/C18H19F3N4O.2ClH/c19-18(20,21)13-8-12(11-22)9-14(10-13)24-17(26)15-4-3-5-23-16(15)25-6-1-2-7-25;;/h3-5,8-10H,1-2,6-7,11,22H2,(H,24,26);2*1H. The summed E-state index contributed by atoms with van der Waals surface area (Å²) in [6, 6.07) is 6.58. The van der Waals surface area contributed by atoms with Gasteiger partial charge in [-0.1, -0.05) is 0 Å². The summed E-state index contributed by atoms with van der Waals surface area (Å²) < 4.78 is 39.1. The molecule has 3 rings (SSSR count). The van der Waals surface area contributed by atoms with Crippen molar-refractivity contribution in [3.8, 4) is 0 Å². The molecule has 1 aromatic heterocycles. The predicted octanol–water partition coefficient (Wildman–Crippen LogP) is 4.26. The first-order chi connectivity index (χ1) is 12.4. The van der Waals surface area contributed by atoms with Gasteiger partial charge in [-0.2, -0.15) is 13.2 Å². The molecule has 1 amide bonds. The summed E-state index contributed by atoms with van der Waals surface area (Å²) in [5.41, 5.74) is 5.32. The second kappa shape index (κ2) is 9.95. The van der Waals surface area contributed by atoms with Crippen molar-refractivity contribution in [1.29, 1.82) is 0 Å². The van der Waals surface area contributed by atoms with Crippen LogP contribution in [-0.4, -0.2) is 24.0 Å². The summed E-state index contributed by atoms with van der Waals surface area (Å²) >= 11 is 0. The summed E-state index contributed by atoms with van der Waals surface area (Å²) in [5, 5.41) is 2.55. The molecule has 1 fully saturated rings. The highest BCUT2D eigenvalue weighted by Crippen LogP contribution is 2.32. The van der Waals surface area contributed by atoms with Crippen LogP contribution in [0.3, 0.4) is 0 Å². The van der Waals surface area contributed by atoms with E-state index in [4.69, 9.17) is 5.73 Å². The Hall–Kier alpha value is -2.03. The first kappa shape index (κ1) is 24.0. The Balaban J connectivity index is 0.00000196. The maximum absolute atomic E-state index is 13.0. The minimum Gasteiger partial charge on any atom is -0.356 e. The summed E-state index contributed by atoms with van der Waals surface area (Å²) in [6.07, 6.45) is -0.878. The molecule has 0 aliphatic carbocycles. The van der Waals surface area contributed by atoms with E-state index in [1.807, 2.05) is 4.90 Å². The third-order valence-corrected chi connectivity index (χ3v) is 4.25. The second-order valence-corrected chi connectivity index (χ2v) is 6.14. The monoisotopic (exact) mass is 436 g/mol. The molecule has 5 nitrogen and oxygen atoms in total. The lowest BCUT2D eigenvalue weighted by atomic mass is 10.1. The number of alkyl halides is 3. The number of nitrogens with one attached hydrogen (secondary N) is 1. The van der Waals surface area contributed by atoms with Crippen LogP contribution in [0.15, 0.2) is 36.5 Å². The number of hydrogen-bond donors (Lipinski definition) is 2. The van der Waals surface area contributed by atoms with Crippen LogP contribution in [0.4, 0.5) is 24.7 Å². The summed E-state index contributed by atoms with van der Waals surface area (Å²) in [6.45, 7) is 1.55. The van der Waals surface area contributed by atoms with Crippen LogP contribution in [0, 0.1) is 0 Å². The number of halogens is 5. The average molecular weight is 437 g/mol. The summed E-state index contributed by atoms with van der Waals surface area (Å²) in [5.74, 6) is 0.0517. The molecule has 1 aliphatic heterocycles. The van der Waals surface area contributed by atoms with E-state index in [1.54, 1.807) is 18.3 Å². The molecule has 3 N–H and O–H groups in total. The van der Waals surface area contributed by atoms with Gasteiger partial charge in [0.25, 0.3) is 5.91 Å². The number of amides is 1. The lowest BCUT2D eigenvalue weighted by molar-refractivity contribution is -0.137. The number of nitrogens with zero attached hydrogens (tertiary/aromatic N) is 2. The van der Waals surface area contributed by atoms with Crippen LogP contribution in [0.25, 0.3) is 0 Å². The van der Waals surface area contributed by atoms with Gasteiger partial charge >= 0.3 is 6.18 Å². The molecule has 1 aliphatic rings. The normalized spacial score (nSPS) is 13.5. The van der Waals surface area contributed by atoms with Crippen LogP contribution >= 0.6 is 24.8 Å². The van der Waals surface area contributed by atoms with E-state index in [9.17, 15) is 18.0 Å². The molecule has 0 spiro atoms. The topological polar surface area (TPSA) is 71.2 Å². The zero-order valence-electron chi connectivity index (χ0n) is 14.8. The molecule has 0 saturated carbocycles. The SMILES string of the molecule is Cl.Cl.NCc1cc(NC(=O)c2cccnc2N2CCCC2)cc(C(F)(F)F)c1. The van der Waals surface area contributed by atoms with Crippen molar-refractivity contribution in [1.82, 2.24) is 4.98 Å². The van der Waals surface area contributed by atoms with E-state index in [-0.39, 0.29) is 37.0 Å². The highest BCUT2D eigenvalue weighted by atomic mass is 35.5. The number of carbonyl (C=O) groups is 1. The lowest BCUT2D eigenvalue weighted by Gasteiger charge is -2.19. The smallest absolute Gasteiger partial charge is 0.356 e. The van der Waals surface area contributed by atoms with Crippen molar-refractivity contribution in [3.05, 3.63) is 53.2 Å². The summed E-state index contributed by atoms with van der Waals surface area (Å²) in [4.78, 5) is 18.9. The predicted molar refractivity (Wildman–Crippen MR) is 107 cm³/mol. The first-order valence-electron chi connectivity index (χ1n) is 8.31. The molecule has 0 radical (unpaired) electrons. The zero-order valence-corrected chi connectivity index (χ0v) is 16.5. The van der Waals surface area contributed by atoms with Crippen LogP contribution < -0.4 is 16.0 Å². The van der Waals surface area contributed by atoms with Crippen molar-refractivity contribution in [2.45, 2.75) is 25.6 Å². The minimum absolute atomic E-state index is 0. The maximum Gasteiger partial charge on any atom is 0.416 e. The zero-order chi connectivity index (χ0) is 18.7. The van der Waals surface area contributed by atoms with Crippen molar-refractivity contribution < 1.29 is 18.0 Å². The lowest BCUT2D eigenvalue weighted by Crippen LogP contribution is -2.24. The van der Waals surface area contributed by atoms with E-state index >= 15 is 0 Å². The molecular weight excluding hydrogens is 416 g/mol. The van der Waals surface area contributed by atoms with E-state index in [2.05, 4.69) is 10.3 Å². The number of pyridine rings is 1. The summed E-state index contributed by atoms with van der Waals surface area (Å²) in [7, 11) is 0. The molecule has 0 bridgehead atoms. The highest BCUT2D eigenvalue weighted by molar-refractivity contribution is 6.07. The fourth-order valence-corrected chi connectivity index (χ4v) is 3.00. The molecule has 154 valence electrons. The molecule has 2 heterocycles. The van der Waals surface area contributed by atoms with Gasteiger partial charge in [0.1, 0.15) is 5.82 Å². The molecule has 0 atom stereocenters.